The van der Waals surface area contributed by atoms with Crippen molar-refractivity contribution < 1.29 is 4.79 Å². The van der Waals surface area contributed by atoms with Crippen LogP contribution in [0.25, 0.3) is 0 Å². The summed E-state index contributed by atoms with van der Waals surface area (Å²) >= 11 is 0. The third-order valence-electron chi connectivity index (χ3n) is 4.09. The molecular weight excluding hydrogens is 333 g/mol. The molecule has 132 valence electrons. The largest absolute Gasteiger partial charge is 0.398 e. The average Bonchev–Trinajstić information content (AvgIpc) is 2.43. The highest BCUT2D eigenvalue weighted by Gasteiger charge is 2.21. The van der Waals surface area contributed by atoms with E-state index in [2.05, 4.69) is 24.1 Å². The number of nitrogens with zero attached hydrogens (tertiary/aromatic N) is 1. The van der Waals surface area contributed by atoms with Crippen molar-refractivity contribution in [2.75, 3.05) is 31.9 Å². The van der Waals surface area contributed by atoms with Crippen LogP contribution in [-0.2, 0) is 0 Å². The van der Waals surface area contributed by atoms with E-state index in [0.717, 1.165) is 24.8 Å². The number of nitrogen functional groups attached to an aromatic ring is 1. The molecular formula is C17H29Cl2N3O. The van der Waals surface area contributed by atoms with Crippen molar-refractivity contribution in [2.45, 2.75) is 26.7 Å². The fraction of sp³-hybridized carbons (Fsp3) is 0.588. The lowest BCUT2D eigenvalue weighted by Crippen LogP contribution is -2.40. The molecule has 1 aromatic rings. The van der Waals surface area contributed by atoms with Crippen LogP contribution in [0.2, 0.25) is 0 Å². The number of benzene rings is 1. The summed E-state index contributed by atoms with van der Waals surface area (Å²) in [6.07, 6.45) is 2.32. The Balaban J connectivity index is 0.00000242. The van der Waals surface area contributed by atoms with Crippen molar-refractivity contribution in [3.63, 3.8) is 0 Å². The Bertz CT molecular complexity index is 475. The predicted octanol–water partition coefficient (Wildman–Crippen LogP) is 3.21. The van der Waals surface area contributed by atoms with Crippen LogP contribution >= 0.6 is 24.8 Å². The van der Waals surface area contributed by atoms with Crippen molar-refractivity contribution in [1.29, 1.82) is 0 Å². The first kappa shape index (κ1) is 22.0. The number of para-hydroxylation sites is 1. The fourth-order valence-electron chi connectivity index (χ4n) is 3.28. The highest BCUT2D eigenvalue weighted by atomic mass is 35.5. The zero-order valence-electron chi connectivity index (χ0n) is 14.0. The van der Waals surface area contributed by atoms with Gasteiger partial charge in [-0.1, -0.05) is 26.0 Å². The second-order valence-corrected chi connectivity index (χ2v) is 6.40. The van der Waals surface area contributed by atoms with E-state index in [9.17, 15) is 4.79 Å². The number of rotatable bonds is 5. The van der Waals surface area contributed by atoms with E-state index in [0.29, 0.717) is 17.8 Å². The van der Waals surface area contributed by atoms with Gasteiger partial charge in [-0.2, -0.15) is 0 Å². The topological polar surface area (TPSA) is 58.4 Å². The monoisotopic (exact) mass is 361 g/mol. The van der Waals surface area contributed by atoms with Crippen LogP contribution < -0.4 is 11.1 Å². The Morgan fingerprint density at radius 1 is 1.22 bits per heavy atom. The number of piperidine rings is 1. The first-order valence-electron chi connectivity index (χ1n) is 7.91. The first-order chi connectivity index (χ1) is 10.1. The molecule has 1 aliphatic rings. The summed E-state index contributed by atoms with van der Waals surface area (Å²) in [6.45, 7) is 8.77. The summed E-state index contributed by atoms with van der Waals surface area (Å²) in [4.78, 5) is 14.5. The molecule has 0 saturated carbocycles. The van der Waals surface area contributed by atoms with Crippen molar-refractivity contribution in [2.24, 2.45) is 11.8 Å². The fourth-order valence-corrected chi connectivity index (χ4v) is 3.28. The van der Waals surface area contributed by atoms with Crippen molar-refractivity contribution in [1.82, 2.24) is 10.2 Å². The predicted molar refractivity (Wildman–Crippen MR) is 102 cm³/mol. The van der Waals surface area contributed by atoms with Crippen LogP contribution in [0.5, 0.6) is 0 Å². The Morgan fingerprint density at radius 3 is 2.43 bits per heavy atom. The summed E-state index contributed by atoms with van der Waals surface area (Å²) < 4.78 is 0. The van der Waals surface area contributed by atoms with E-state index in [1.165, 1.54) is 19.5 Å². The number of carbonyl (C=O) groups excluding carboxylic acids is 1. The number of hydrogen-bond acceptors (Lipinski definition) is 3. The van der Waals surface area contributed by atoms with Crippen molar-refractivity contribution in [3.8, 4) is 0 Å². The van der Waals surface area contributed by atoms with Gasteiger partial charge in [0, 0.05) is 25.3 Å². The highest BCUT2D eigenvalue weighted by Crippen LogP contribution is 2.20. The summed E-state index contributed by atoms with van der Waals surface area (Å²) in [6, 6.07) is 7.19. The third kappa shape index (κ3) is 6.98. The van der Waals surface area contributed by atoms with Gasteiger partial charge in [-0.15, -0.1) is 24.8 Å². The molecule has 1 aromatic carbocycles. The molecule has 1 saturated heterocycles. The van der Waals surface area contributed by atoms with E-state index in [1.54, 1.807) is 12.1 Å². The SMILES string of the molecule is CC1CC(C)CN(CCCNC(=O)c2ccccc2N)C1.Cl.Cl. The molecule has 2 atom stereocenters. The molecule has 0 bridgehead atoms. The molecule has 1 aliphatic heterocycles. The zero-order chi connectivity index (χ0) is 15.2. The molecule has 0 aromatic heterocycles. The van der Waals surface area contributed by atoms with E-state index < -0.39 is 0 Å². The minimum absolute atomic E-state index is 0. The smallest absolute Gasteiger partial charge is 0.253 e. The van der Waals surface area contributed by atoms with Gasteiger partial charge in [0.15, 0.2) is 0 Å². The molecule has 1 heterocycles. The Kier molecular flexibility index (Phi) is 10.3. The number of hydrogen-bond donors (Lipinski definition) is 2. The Labute approximate surface area is 152 Å². The lowest BCUT2D eigenvalue weighted by Gasteiger charge is -2.34. The number of anilines is 1. The molecule has 2 rings (SSSR count). The quantitative estimate of drug-likeness (QED) is 0.625. The molecule has 0 aliphatic carbocycles. The molecule has 1 fully saturated rings. The molecule has 3 N–H and O–H groups in total. The number of nitrogens with two attached hydrogens (primary N) is 1. The molecule has 0 radical (unpaired) electrons. The number of likely N-dealkylation sites (tertiary alicyclic amines) is 1. The maximum atomic E-state index is 12.0. The van der Waals surface area contributed by atoms with E-state index in [4.69, 9.17) is 5.73 Å². The zero-order valence-corrected chi connectivity index (χ0v) is 15.6. The van der Waals surface area contributed by atoms with Crippen LogP contribution in [0.15, 0.2) is 24.3 Å². The number of carbonyl (C=O) groups is 1. The minimum atomic E-state index is -0.0755. The summed E-state index contributed by atoms with van der Waals surface area (Å²) in [5.41, 5.74) is 6.91. The summed E-state index contributed by atoms with van der Waals surface area (Å²) in [7, 11) is 0. The maximum absolute atomic E-state index is 12.0. The van der Waals surface area contributed by atoms with Gasteiger partial charge in [-0.3, -0.25) is 4.79 Å². The van der Waals surface area contributed by atoms with Crippen LogP contribution in [0.4, 0.5) is 5.69 Å². The third-order valence-corrected chi connectivity index (χ3v) is 4.09. The van der Waals surface area contributed by atoms with Gasteiger partial charge in [-0.05, 0) is 43.4 Å². The summed E-state index contributed by atoms with van der Waals surface area (Å²) in [5, 5.41) is 2.96. The van der Waals surface area contributed by atoms with E-state index >= 15 is 0 Å². The molecule has 1 amide bonds. The van der Waals surface area contributed by atoms with Gasteiger partial charge in [0.2, 0.25) is 0 Å². The molecule has 6 heteroatoms. The maximum Gasteiger partial charge on any atom is 0.253 e. The lowest BCUT2D eigenvalue weighted by molar-refractivity contribution is 0.0948. The molecule has 2 unspecified atom stereocenters. The van der Waals surface area contributed by atoms with Crippen molar-refractivity contribution in [3.05, 3.63) is 29.8 Å². The van der Waals surface area contributed by atoms with Gasteiger partial charge in [0.05, 0.1) is 5.56 Å². The van der Waals surface area contributed by atoms with Crippen LogP contribution in [0, 0.1) is 11.8 Å². The second-order valence-electron chi connectivity index (χ2n) is 6.40. The number of halogens is 2. The second kappa shape index (κ2) is 10.7. The summed E-state index contributed by atoms with van der Waals surface area (Å²) in [5.74, 6) is 1.49. The lowest BCUT2D eigenvalue weighted by atomic mass is 9.92. The van der Waals surface area contributed by atoms with E-state index in [1.807, 2.05) is 12.1 Å². The molecule has 0 spiro atoms. The minimum Gasteiger partial charge on any atom is -0.398 e. The Morgan fingerprint density at radius 2 is 1.83 bits per heavy atom. The first-order valence-corrected chi connectivity index (χ1v) is 7.91. The van der Waals surface area contributed by atoms with Gasteiger partial charge >= 0.3 is 0 Å². The highest BCUT2D eigenvalue weighted by molar-refractivity contribution is 5.99. The van der Waals surface area contributed by atoms with Gasteiger partial charge in [0.1, 0.15) is 0 Å². The number of nitrogens with one attached hydrogen (secondary N) is 1. The molecule has 23 heavy (non-hydrogen) atoms. The van der Waals surface area contributed by atoms with E-state index in [-0.39, 0.29) is 30.7 Å². The standard InChI is InChI=1S/C17H27N3O.2ClH/c1-13-10-14(2)12-20(11-13)9-5-8-19-17(21)15-6-3-4-7-16(15)18;;/h3-4,6-7,13-14H,5,8-12,18H2,1-2H3,(H,19,21);2*1H. The average molecular weight is 362 g/mol. The molecule has 4 nitrogen and oxygen atoms in total. The normalized spacial score (nSPS) is 21.0. The van der Waals surface area contributed by atoms with Gasteiger partial charge < -0.3 is 16.0 Å². The van der Waals surface area contributed by atoms with Crippen molar-refractivity contribution >= 4 is 36.4 Å². The van der Waals surface area contributed by atoms with Crippen LogP contribution in [-0.4, -0.2) is 37.0 Å². The Hall–Kier alpha value is -0.970. The van der Waals surface area contributed by atoms with Gasteiger partial charge in [0.25, 0.3) is 5.91 Å². The van der Waals surface area contributed by atoms with Gasteiger partial charge in [-0.25, -0.2) is 0 Å². The van der Waals surface area contributed by atoms with Crippen LogP contribution in [0.1, 0.15) is 37.0 Å². The van der Waals surface area contributed by atoms with Crippen LogP contribution in [0.3, 0.4) is 0 Å². The number of amides is 1.